The molecule has 0 saturated heterocycles. The fourth-order valence-corrected chi connectivity index (χ4v) is 6.12. The van der Waals surface area contributed by atoms with Crippen LogP contribution in [0.25, 0.3) is 0 Å². The van der Waals surface area contributed by atoms with E-state index in [9.17, 15) is 4.79 Å². The number of likely N-dealkylation sites (N-methyl/N-ethyl adjacent to an activating group) is 1. The summed E-state index contributed by atoms with van der Waals surface area (Å²) in [5, 5.41) is 0. The molecule has 4 bridgehead atoms. The summed E-state index contributed by atoms with van der Waals surface area (Å²) in [6.45, 7) is 4.93. The molecule has 21 heavy (non-hydrogen) atoms. The Hall–Kier alpha value is -0.570. The predicted molar refractivity (Wildman–Crippen MR) is 85.7 cm³/mol. The maximum Gasteiger partial charge on any atom is 0.242 e. The summed E-state index contributed by atoms with van der Waals surface area (Å²) in [5.41, 5.74) is 5.98. The molecular weight excluding hydrogens is 260 g/mol. The van der Waals surface area contributed by atoms with Gasteiger partial charge in [-0.25, -0.2) is 0 Å². The van der Waals surface area contributed by atoms with Crippen molar-refractivity contribution in [2.45, 2.75) is 70.8 Å². The van der Waals surface area contributed by atoms with Gasteiger partial charge in [0.1, 0.15) is 0 Å². The summed E-state index contributed by atoms with van der Waals surface area (Å²) in [6.07, 6.45) is 10.2. The molecule has 4 aliphatic rings. The van der Waals surface area contributed by atoms with Crippen molar-refractivity contribution in [1.29, 1.82) is 0 Å². The van der Waals surface area contributed by atoms with Crippen molar-refractivity contribution < 1.29 is 4.79 Å². The van der Waals surface area contributed by atoms with Crippen molar-refractivity contribution in [3.63, 3.8) is 0 Å². The van der Waals surface area contributed by atoms with Crippen LogP contribution < -0.4 is 5.73 Å². The summed E-state index contributed by atoms with van der Waals surface area (Å²) in [6, 6.07) is 0. The van der Waals surface area contributed by atoms with E-state index in [0.29, 0.717) is 5.41 Å². The first-order valence-corrected chi connectivity index (χ1v) is 8.88. The second-order valence-electron chi connectivity index (χ2n) is 8.75. The molecule has 120 valence electrons. The standard InChI is InChI=1S/C18H32N2O/c1-4-5-17(2,19)16(21)20(3)12-18-9-13-6-14(10-18)8-15(7-13)11-18/h13-15H,4-12,19H2,1-3H3. The lowest BCUT2D eigenvalue weighted by Crippen LogP contribution is -2.56. The highest BCUT2D eigenvalue weighted by molar-refractivity contribution is 5.85. The SMILES string of the molecule is CCCC(C)(N)C(=O)N(C)CC12CC3CC(CC(C3)C1)C2. The molecule has 0 aromatic rings. The summed E-state index contributed by atoms with van der Waals surface area (Å²) in [5.74, 6) is 2.97. The summed E-state index contributed by atoms with van der Waals surface area (Å²) in [7, 11) is 1.97. The van der Waals surface area contributed by atoms with Gasteiger partial charge in [-0.2, -0.15) is 0 Å². The molecule has 3 nitrogen and oxygen atoms in total. The molecule has 4 fully saturated rings. The second kappa shape index (κ2) is 5.26. The normalized spacial score (nSPS) is 40.1. The first kappa shape index (κ1) is 15.3. The van der Waals surface area contributed by atoms with Gasteiger partial charge in [-0.1, -0.05) is 13.3 Å². The largest absolute Gasteiger partial charge is 0.344 e. The molecule has 4 rings (SSSR count). The number of hydrogen-bond donors (Lipinski definition) is 1. The molecule has 1 atom stereocenters. The zero-order chi connectivity index (χ0) is 15.3. The Kier molecular flexibility index (Phi) is 3.84. The first-order valence-electron chi connectivity index (χ1n) is 8.88. The second-order valence-corrected chi connectivity index (χ2v) is 8.75. The number of amides is 1. The fraction of sp³-hybridized carbons (Fsp3) is 0.944. The van der Waals surface area contributed by atoms with E-state index in [1.54, 1.807) is 0 Å². The Morgan fingerprint density at radius 1 is 1.19 bits per heavy atom. The predicted octanol–water partition coefficient (Wildman–Crippen LogP) is 3.18. The van der Waals surface area contributed by atoms with Crippen LogP contribution >= 0.6 is 0 Å². The van der Waals surface area contributed by atoms with Gasteiger partial charge in [0, 0.05) is 13.6 Å². The molecule has 3 heteroatoms. The topological polar surface area (TPSA) is 46.3 Å². The van der Waals surface area contributed by atoms with E-state index in [-0.39, 0.29) is 5.91 Å². The van der Waals surface area contributed by atoms with E-state index in [1.165, 1.54) is 38.5 Å². The molecule has 2 N–H and O–H groups in total. The van der Waals surface area contributed by atoms with Crippen LogP contribution in [0.2, 0.25) is 0 Å². The van der Waals surface area contributed by atoms with Gasteiger partial charge in [0.2, 0.25) is 5.91 Å². The van der Waals surface area contributed by atoms with Crippen molar-refractivity contribution >= 4 is 5.91 Å². The average molecular weight is 292 g/mol. The third-order valence-corrected chi connectivity index (χ3v) is 6.34. The Labute approximate surface area is 129 Å². The van der Waals surface area contributed by atoms with Crippen LogP contribution in [0.4, 0.5) is 0 Å². The Balaban J connectivity index is 1.67. The Bertz CT molecular complexity index is 380. The quantitative estimate of drug-likeness (QED) is 0.846. The van der Waals surface area contributed by atoms with E-state index in [4.69, 9.17) is 5.73 Å². The van der Waals surface area contributed by atoms with Crippen LogP contribution in [-0.2, 0) is 4.79 Å². The molecule has 0 aliphatic heterocycles. The van der Waals surface area contributed by atoms with Crippen molar-refractivity contribution in [3.05, 3.63) is 0 Å². The smallest absolute Gasteiger partial charge is 0.242 e. The van der Waals surface area contributed by atoms with Crippen LogP contribution in [0, 0.1) is 23.2 Å². The molecule has 0 aromatic carbocycles. The molecule has 4 saturated carbocycles. The highest BCUT2D eigenvalue weighted by atomic mass is 16.2. The van der Waals surface area contributed by atoms with Crippen molar-refractivity contribution in [2.75, 3.05) is 13.6 Å². The summed E-state index contributed by atoms with van der Waals surface area (Å²) in [4.78, 5) is 14.6. The average Bonchev–Trinajstić information content (AvgIpc) is 2.35. The van der Waals surface area contributed by atoms with E-state index >= 15 is 0 Å². The van der Waals surface area contributed by atoms with Crippen molar-refractivity contribution in [2.24, 2.45) is 28.9 Å². The lowest BCUT2D eigenvalue weighted by molar-refractivity contribution is -0.140. The molecular formula is C18H32N2O. The fourth-order valence-electron chi connectivity index (χ4n) is 6.12. The van der Waals surface area contributed by atoms with Gasteiger partial charge in [0.25, 0.3) is 0 Å². The third kappa shape index (κ3) is 2.86. The molecule has 0 aromatic heterocycles. The van der Waals surface area contributed by atoms with Crippen LogP contribution in [0.3, 0.4) is 0 Å². The molecule has 0 spiro atoms. The highest BCUT2D eigenvalue weighted by Gasteiger charge is 2.51. The highest BCUT2D eigenvalue weighted by Crippen LogP contribution is 2.60. The van der Waals surface area contributed by atoms with Gasteiger partial charge >= 0.3 is 0 Å². The van der Waals surface area contributed by atoms with Gasteiger partial charge in [0.15, 0.2) is 0 Å². The van der Waals surface area contributed by atoms with Gasteiger partial charge in [0.05, 0.1) is 5.54 Å². The zero-order valence-corrected chi connectivity index (χ0v) is 14.0. The van der Waals surface area contributed by atoms with Crippen LogP contribution in [0.5, 0.6) is 0 Å². The summed E-state index contributed by atoms with van der Waals surface area (Å²) >= 11 is 0. The lowest BCUT2D eigenvalue weighted by Gasteiger charge is -2.57. The van der Waals surface area contributed by atoms with Gasteiger partial charge in [-0.05, 0) is 75.0 Å². The lowest BCUT2D eigenvalue weighted by atomic mass is 9.49. The van der Waals surface area contributed by atoms with E-state index in [1.807, 2.05) is 18.9 Å². The van der Waals surface area contributed by atoms with Gasteiger partial charge in [-0.15, -0.1) is 0 Å². The maximum atomic E-state index is 12.7. The first-order chi connectivity index (χ1) is 9.83. The number of carbonyl (C=O) groups excluding carboxylic acids is 1. The molecule has 0 heterocycles. The minimum atomic E-state index is -0.689. The van der Waals surface area contributed by atoms with Gasteiger partial charge < -0.3 is 10.6 Å². The molecule has 0 radical (unpaired) electrons. The third-order valence-electron chi connectivity index (χ3n) is 6.34. The molecule has 1 unspecified atom stereocenters. The number of nitrogens with two attached hydrogens (primary N) is 1. The number of nitrogens with zero attached hydrogens (tertiary/aromatic N) is 1. The zero-order valence-electron chi connectivity index (χ0n) is 14.0. The van der Waals surface area contributed by atoms with E-state index in [2.05, 4.69) is 6.92 Å². The van der Waals surface area contributed by atoms with E-state index in [0.717, 1.165) is 37.1 Å². The molecule has 1 amide bonds. The van der Waals surface area contributed by atoms with Crippen molar-refractivity contribution in [3.8, 4) is 0 Å². The van der Waals surface area contributed by atoms with E-state index < -0.39 is 5.54 Å². The van der Waals surface area contributed by atoms with Crippen LogP contribution in [-0.4, -0.2) is 29.9 Å². The van der Waals surface area contributed by atoms with Crippen LogP contribution in [0.1, 0.15) is 65.2 Å². The van der Waals surface area contributed by atoms with Crippen molar-refractivity contribution in [1.82, 2.24) is 4.90 Å². The monoisotopic (exact) mass is 292 g/mol. The molecule has 4 aliphatic carbocycles. The number of rotatable bonds is 5. The number of hydrogen-bond acceptors (Lipinski definition) is 2. The summed E-state index contributed by atoms with van der Waals surface area (Å²) < 4.78 is 0. The minimum Gasteiger partial charge on any atom is -0.344 e. The maximum absolute atomic E-state index is 12.7. The Morgan fingerprint density at radius 2 is 1.67 bits per heavy atom. The minimum absolute atomic E-state index is 0.139. The Morgan fingerprint density at radius 3 is 2.10 bits per heavy atom. The van der Waals surface area contributed by atoms with Gasteiger partial charge in [-0.3, -0.25) is 4.79 Å². The number of carbonyl (C=O) groups is 1. The van der Waals surface area contributed by atoms with Crippen LogP contribution in [0.15, 0.2) is 0 Å².